The highest BCUT2D eigenvalue weighted by atomic mass is 35.5. The number of fused-ring (bicyclic) bond motifs is 1. The molecule has 3 aromatic rings. The molecule has 7 heteroatoms. The summed E-state index contributed by atoms with van der Waals surface area (Å²) in [5.74, 6) is -1.39. The van der Waals surface area contributed by atoms with Crippen molar-refractivity contribution in [1.29, 1.82) is 0 Å². The van der Waals surface area contributed by atoms with Crippen LogP contribution in [0.25, 0.3) is 22.2 Å². The summed E-state index contributed by atoms with van der Waals surface area (Å²) in [4.78, 5) is 10.5. The number of nitrogens with zero attached hydrogens (tertiary/aromatic N) is 1. The SMILES string of the molecule is O=C(O)COc1ccc2c(-c3ccccc3F)noc2c1Cl. The number of aliphatic carboxylic acids is 1. The number of rotatable bonds is 4. The Balaban J connectivity index is 2.08. The monoisotopic (exact) mass is 321 g/mol. The Labute approximate surface area is 128 Å². The highest BCUT2D eigenvalue weighted by molar-refractivity contribution is 6.36. The highest BCUT2D eigenvalue weighted by Gasteiger charge is 2.18. The van der Waals surface area contributed by atoms with Crippen molar-refractivity contribution in [3.05, 3.63) is 47.2 Å². The van der Waals surface area contributed by atoms with Crippen molar-refractivity contribution in [2.24, 2.45) is 0 Å². The van der Waals surface area contributed by atoms with Crippen LogP contribution in [0.1, 0.15) is 0 Å². The molecule has 0 aliphatic carbocycles. The van der Waals surface area contributed by atoms with Crippen LogP contribution in [-0.2, 0) is 4.79 Å². The van der Waals surface area contributed by atoms with Gasteiger partial charge in [0.2, 0.25) is 0 Å². The van der Waals surface area contributed by atoms with Crippen LogP contribution >= 0.6 is 11.6 Å². The summed E-state index contributed by atoms with van der Waals surface area (Å²) in [5, 5.41) is 13.1. The second kappa shape index (κ2) is 5.65. The molecule has 1 aromatic heterocycles. The Kier molecular flexibility index (Phi) is 3.68. The molecule has 2 aromatic carbocycles. The number of ether oxygens (including phenoxy) is 1. The Bertz CT molecular complexity index is 862. The van der Waals surface area contributed by atoms with Crippen LogP contribution in [-0.4, -0.2) is 22.8 Å². The van der Waals surface area contributed by atoms with Crippen LogP contribution < -0.4 is 4.74 Å². The predicted octanol–water partition coefficient (Wildman–Crippen LogP) is 3.75. The summed E-state index contributed by atoms with van der Waals surface area (Å²) in [6, 6.07) is 9.25. The van der Waals surface area contributed by atoms with Crippen LogP contribution in [0, 0.1) is 5.82 Å². The largest absolute Gasteiger partial charge is 0.480 e. The lowest BCUT2D eigenvalue weighted by molar-refractivity contribution is -0.139. The maximum absolute atomic E-state index is 13.9. The van der Waals surface area contributed by atoms with Crippen molar-refractivity contribution < 1.29 is 23.6 Å². The standard InChI is InChI=1S/C15H9ClFNO4/c16-13-11(21-7-12(19)20)6-5-9-14(18-22-15(9)13)8-3-1-2-4-10(8)17/h1-6H,7H2,(H,19,20). The smallest absolute Gasteiger partial charge is 0.341 e. The predicted molar refractivity (Wildman–Crippen MR) is 77.5 cm³/mol. The molecule has 22 heavy (non-hydrogen) atoms. The molecular formula is C15H9ClFNO4. The maximum Gasteiger partial charge on any atom is 0.341 e. The van der Waals surface area contributed by atoms with E-state index in [9.17, 15) is 9.18 Å². The van der Waals surface area contributed by atoms with Crippen LogP contribution in [0.3, 0.4) is 0 Å². The zero-order valence-electron chi connectivity index (χ0n) is 11.0. The Morgan fingerprint density at radius 2 is 2.09 bits per heavy atom. The normalized spacial score (nSPS) is 10.8. The molecule has 3 rings (SSSR count). The minimum absolute atomic E-state index is 0.0915. The first-order valence-corrected chi connectivity index (χ1v) is 6.63. The Morgan fingerprint density at radius 3 is 2.82 bits per heavy atom. The van der Waals surface area contributed by atoms with E-state index in [1.165, 1.54) is 12.1 Å². The van der Waals surface area contributed by atoms with Gasteiger partial charge in [0.25, 0.3) is 0 Å². The molecule has 1 heterocycles. The molecule has 0 saturated heterocycles. The van der Waals surface area contributed by atoms with Crippen LogP contribution in [0.5, 0.6) is 5.75 Å². The number of carboxylic acid groups (broad SMARTS) is 1. The fraction of sp³-hybridized carbons (Fsp3) is 0.0667. The molecule has 0 unspecified atom stereocenters. The van der Waals surface area contributed by atoms with Crippen molar-refractivity contribution in [1.82, 2.24) is 5.16 Å². The first-order chi connectivity index (χ1) is 10.6. The molecule has 0 aliphatic heterocycles. The minimum Gasteiger partial charge on any atom is -0.480 e. The van der Waals surface area contributed by atoms with E-state index in [0.717, 1.165) is 0 Å². The van der Waals surface area contributed by atoms with Crippen molar-refractivity contribution >= 4 is 28.5 Å². The van der Waals surface area contributed by atoms with E-state index in [1.807, 2.05) is 0 Å². The number of halogens is 2. The van der Waals surface area contributed by atoms with Crippen LogP contribution in [0.15, 0.2) is 40.9 Å². The van der Waals surface area contributed by atoms with Gasteiger partial charge in [0.05, 0.1) is 5.39 Å². The van der Waals surface area contributed by atoms with Gasteiger partial charge in [-0.25, -0.2) is 9.18 Å². The second-order valence-corrected chi connectivity index (χ2v) is 4.83. The first kappa shape index (κ1) is 14.3. The number of hydrogen-bond donors (Lipinski definition) is 1. The van der Waals surface area contributed by atoms with Gasteiger partial charge in [-0.05, 0) is 24.3 Å². The van der Waals surface area contributed by atoms with E-state index < -0.39 is 18.4 Å². The van der Waals surface area contributed by atoms with Crippen molar-refractivity contribution in [2.75, 3.05) is 6.61 Å². The molecule has 0 atom stereocenters. The molecule has 0 aliphatic rings. The van der Waals surface area contributed by atoms with Gasteiger partial charge in [0.1, 0.15) is 22.3 Å². The van der Waals surface area contributed by atoms with Gasteiger partial charge in [0, 0.05) is 5.56 Å². The van der Waals surface area contributed by atoms with Crippen LogP contribution in [0.4, 0.5) is 4.39 Å². The lowest BCUT2D eigenvalue weighted by Crippen LogP contribution is -2.09. The van der Waals surface area contributed by atoms with Gasteiger partial charge in [0.15, 0.2) is 12.2 Å². The number of aromatic nitrogens is 1. The van der Waals surface area contributed by atoms with Gasteiger partial charge in [-0.2, -0.15) is 0 Å². The quantitative estimate of drug-likeness (QED) is 0.792. The molecule has 0 fully saturated rings. The molecular weight excluding hydrogens is 313 g/mol. The summed E-state index contributed by atoms with van der Waals surface area (Å²) in [7, 11) is 0. The molecule has 1 N–H and O–H groups in total. The summed E-state index contributed by atoms with van der Waals surface area (Å²) in [5.41, 5.74) is 0.819. The lowest BCUT2D eigenvalue weighted by Gasteiger charge is -2.05. The number of benzene rings is 2. The van der Waals surface area contributed by atoms with E-state index in [4.69, 9.17) is 26.0 Å². The fourth-order valence-electron chi connectivity index (χ4n) is 2.05. The number of carbonyl (C=O) groups is 1. The zero-order valence-corrected chi connectivity index (χ0v) is 11.8. The van der Waals surface area contributed by atoms with E-state index in [1.54, 1.807) is 24.3 Å². The summed E-state index contributed by atoms with van der Waals surface area (Å²) in [6.07, 6.45) is 0. The van der Waals surface area contributed by atoms with Crippen LogP contribution in [0.2, 0.25) is 5.02 Å². The fourth-order valence-corrected chi connectivity index (χ4v) is 2.31. The van der Waals surface area contributed by atoms with Gasteiger partial charge in [-0.3, -0.25) is 0 Å². The second-order valence-electron chi connectivity index (χ2n) is 4.45. The molecule has 112 valence electrons. The van der Waals surface area contributed by atoms with Crippen molar-refractivity contribution in [3.8, 4) is 17.0 Å². The topological polar surface area (TPSA) is 72.6 Å². The van der Waals surface area contributed by atoms with Gasteiger partial charge in [-0.15, -0.1) is 0 Å². The Morgan fingerprint density at radius 1 is 1.32 bits per heavy atom. The third-order valence-corrected chi connectivity index (χ3v) is 3.38. The molecule has 0 amide bonds. The van der Waals surface area contributed by atoms with E-state index >= 15 is 0 Å². The first-order valence-electron chi connectivity index (χ1n) is 6.25. The van der Waals surface area contributed by atoms with Crippen molar-refractivity contribution in [3.63, 3.8) is 0 Å². The van der Waals surface area contributed by atoms with Crippen molar-refractivity contribution in [2.45, 2.75) is 0 Å². The molecule has 5 nitrogen and oxygen atoms in total. The number of hydrogen-bond acceptors (Lipinski definition) is 4. The minimum atomic E-state index is -1.12. The average molecular weight is 322 g/mol. The van der Waals surface area contributed by atoms with E-state index in [0.29, 0.717) is 11.1 Å². The highest BCUT2D eigenvalue weighted by Crippen LogP contribution is 2.38. The molecule has 0 saturated carbocycles. The number of carboxylic acids is 1. The summed E-state index contributed by atoms with van der Waals surface area (Å²) < 4.78 is 24.1. The van der Waals surface area contributed by atoms with Gasteiger partial charge in [-0.1, -0.05) is 28.9 Å². The third-order valence-electron chi connectivity index (χ3n) is 3.03. The maximum atomic E-state index is 13.9. The van der Waals surface area contributed by atoms with Gasteiger partial charge >= 0.3 is 5.97 Å². The van der Waals surface area contributed by atoms with E-state index in [-0.39, 0.29) is 21.9 Å². The summed E-state index contributed by atoms with van der Waals surface area (Å²) in [6.45, 7) is -0.528. The third kappa shape index (κ3) is 2.48. The van der Waals surface area contributed by atoms with Gasteiger partial charge < -0.3 is 14.4 Å². The van der Waals surface area contributed by atoms with E-state index in [2.05, 4.69) is 5.16 Å². The lowest BCUT2D eigenvalue weighted by atomic mass is 10.1. The average Bonchev–Trinajstić information content (AvgIpc) is 2.91. The zero-order chi connectivity index (χ0) is 15.7. The molecule has 0 radical (unpaired) electrons. The molecule has 0 spiro atoms. The molecule has 0 bridgehead atoms. The Hall–Kier alpha value is -2.60. The summed E-state index contributed by atoms with van der Waals surface area (Å²) >= 11 is 6.12.